The van der Waals surface area contributed by atoms with E-state index in [1.807, 2.05) is 12.1 Å². The van der Waals surface area contributed by atoms with Crippen molar-refractivity contribution in [3.63, 3.8) is 0 Å². The molecule has 4 N–H and O–H groups in total. The molecule has 1 aliphatic carbocycles. The van der Waals surface area contributed by atoms with Crippen molar-refractivity contribution in [2.45, 2.75) is 37.2 Å². The van der Waals surface area contributed by atoms with Crippen LogP contribution in [0.2, 0.25) is 0 Å². The molecule has 1 unspecified atom stereocenters. The van der Waals surface area contributed by atoms with Crippen LogP contribution in [0.1, 0.15) is 30.6 Å². The lowest BCUT2D eigenvalue weighted by atomic mass is 9.94. The summed E-state index contributed by atoms with van der Waals surface area (Å²) in [5, 5.41) is 11.1. The number of carbonyl (C=O) groups is 2. The minimum absolute atomic E-state index is 0.0636. The van der Waals surface area contributed by atoms with E-state index in [1.54, 1.807) is 48.7 Å². The SMILES string of the molecule is NS(=O)(=O)c1ccccc1-c1ccc(CNC(=O)C2CCC[C@H]2C(=O)NCc2ccco2)cc1. The lowest BCUT2D eigenvalue weighted by Gasteiger charge is -2.18. The Morgan fingerprint density at radius 3 is 2.15 bits per heavy atom. The van der Waals surface area contributed by atoms with Crippen molar-refractivity contribution in [3.8, 4) is 11.1 Å². The van der Waals surface area contributed by atoms with Crippen molar-refractivity contribution in [2.75, 3.05) is 0 Å². The van der Waals surface area contributed by atoms with E-state index < -0.39 is 10.0 Å². The molecule has 2 aromatic carbocycles. The molecule has 0 saturated heterocycles. The normalized spacial score (nSPS) is 17.9. The fraction of sp³-hybridized carbons (Fsp3) is 0.280. The van der Waals surface area contributed by atoms with E-state index in [2.05, 4.69) is 10.6 Å². The number of nitrogens with one attached hydrogen (secondary N) is 2. The lowest BCUT2D eigenvalue weighted by molar-refractivity contribution is -0.133. The summed E-state index contributed by atoms with van der Waals surface area (Å²) in [7, 11) is -3.85. The van der Waals surface area contributed by atoms with Crippen LogP contribution in [0.3, 0.4) is 0 Å². The summed E-state index contributed by atoms with van der Waals surface area (Å²) in [6, 6.07) is 17.4. The van der Waals surface area contributed by atoms with Crippen molar-refractivity contribution in [1.82, 2.24) is 10.6 Å². The molecule has 1 fully saturated rings. The Labute approximate surface area is 198 Å². The van der Waals surface area contributed by atoms with Crippen LogP contribution in [0.25, 0.3) is 11.1 Å². The number of primary sulfonamides is 1. The van der Waals surface area contributed by atoms with Crippen molar-refractivity contribution in [1.29, 1.82) is 0 Å². The quantitative estimate of drug-likeness (QED) is 0.455. The first kappa shape index (κ1) is 23.7. The highest BCUT2D eigenvalue weighted by atomic mass is 32.2. The maximum absolute atomic E-state index is 12.8. The molecule has 0 spiro atoms. The summed E-state index contributed by atoms with van der Waals surface area (Å²) < 4.78 is 29.0. The predicted octanol–water partition coefficient (Wildman–Crippen LogP) is 2.94. The number of carbonyl (C=O) groups excluding carboxylic acids is 2. The van der Waals surface area contributed by atoms with Gasteiger partial charge in [0, 0.05) is 23.9 Å². The Kier molecular flexibility index (Phi) is 7.14. The molecule has 34 heavy (non-hydrogen) atoms. The summed E-state index contributed by atoms with van der Waals surface area (Å²) in [5.41, 5.74) is 2.10. The van der Waals surface area contributed by atoms with Gasteiger partial charge in [-0.25, -0.2) is 13.6 Å². The van der Waals surface area contributed by atoms with Gasteiger partial charge in [-0.1, -0.05) is 48.9 Å². The molecule has 8 nitrogen and oxygen atoms in total. The van der Waals surface area contributed by atoms with Crippen LogP contribution in [0.15, 0.2) is 76.2 Å². The van der Waals surface area contributed by atoms with Gasteiger partial charge in [0.2, 0.25) is 21.8 Å². The summed E-state index contributed by atoms with van der Waals surface area (Å²) in [6.07, 6.45) is 3.74. The Hall–Kier alpha value is -3.43. The molecule has 1 aromatic heterocycles. The van der Waals surface area contributed by atoms with Gasteiger partial charge in [0.05, 0.1) is 17.7 Å². The number of rotatable bonds is 8. The molecule has 1 saturated carbocycles. The van der Waals surface area contributed by atoms with Crippen molar-refractivity contribution >= 4 is 21.8 Å². The fourth-order valence-electron chi connectivity index (χ4n) is 4.38. The standard InChI is InChI=1S/C25H27N3O5S/c26-34(31,32)23-9-2-1-6-20(23)18-12-10-17(11-13-18)15-27-24(29)21-7-3-8-22(21)25(30)28-16-19-5-4-14-33-19/h1-2,4-6,9-14,21-22H,3,7-8,15-16H2,(H,27,29)(H,28,30)(H2,26,31,32)/t21?,22-/m1/s1. The highest BCUT2D eigenvalue weighted by molar-refractivity contribution is 7.89. The molecule has 2 amide bonds. The molecule has 4 rings (SSSR count). The van der Waals surface area contributed by atoms with Gasteiger partial charge in [-0.2, -0.15) is 0 Å². The van der Waals surface area contributed by atoms with E-state index in [-0.39, 0.29) is 28.5 Å². The molecule has 2 atom stereocenters. The zero-order chi connectivity index (χ0) is 24.1. The number of hydrogen-bond donors (Lipinski definition) is 3. The summed E-state index contributed by atoms with van der Waals surface area (Å²) >= 11 is 0. The number of hydrogen-bond acceptors (Lipinski definition) is 5. The van der Waals surface area contributed by atoms with Crippen LogP contribution in [0.4, 0.5) is 0 Å². The first-order chi connectivity index (χ1) is 16.3. The molecular weight excluding hydrogens is 454 g/mol. The number of sulfonamides is 1. The predicted molar refractivity (Wildman–Crippen MR) is 126 cm³/mol. The van der Waals surface area contributed by atoms with Gasteiger partial charge in [0.15, 0.2) is 0 Å². The van der Waals surface area contributed by atoms with Crippen LogP contribution >= 0.6 is 0 Å². The summed E-state index contributed by atoms with van der Waals surface area (Å²) in [4.78, 5) is 25.5. The Morgan fingerprint density at radius 2 is 1.53 bits per heavy atom. The molecule has 0 radical (unpaired) electrons. The average molecular weight is 482 g/mol. The molecule has 1 heterocycles. The minimum atomic E-state index is -3.85. The number of furan rings is 1. The zero-order valence-corrected chi connectivity index (χ0v) is 19.4. The highest BCUT2D eigenvalue weighted by Gasteiger charge is 2.37. The highest BCUT2D eigenvalue weighted by Crippen LogP contribution is 2.32. The second kappa shape index (κ2) is 10.2. The molecule has 3 aromatic rings. The monoisotopic (exact) mass is 481 g/mol. The summed E-state index contributed by atoms with van der Waals surface area (Å²) in [5.74, 6) is -0.321. The third-order valence-corrected chi connectivity index (χ3v) is 7.10. The molecular formula is C25H27N3O5S. The fourth-order valence-corrected chi connectivity index (χ4v) is 5.14. The van der Waals surface area contributed by atoms with Crippen LogP contribution in [0.5, 0.6) is 0 Å². The van der Waals surface area contributed by atoms with Gasteiger partial charge in [-0.15, -0.1) is 0 Å². The summed E-state index contributed by atoms with van der Waals surface area (Å²) in [6.45, 7) is 0.616. The van der Waals surface area contributed by atoms with Crippen LogP contribution < -0.4 is 15.8 Å². The third kappa shape index (κ3) is 5.55. The topological polar surface area (TPSA) is 132 Å². The third-order valence-electron chi connectivity index (χ3n) is 6.13. The number of benzene rings is 2. The minimum Gasteiger partial charge on any atom is -0.467 e. The van der Waals surface area contributed by atoms with Gasteiger partial charge >= 0.3 is 0 Å². The van der Waals surface area contributed by atoms with Gasteiger partial charge in [-0.3, -0.25) is 9.59 Å². The second-order valence-electron chi connectivity index (χ2n) is 8.40. The molecule has 0 aliphatic heterocycles. The van der Waals surface area contributed by atoms with Crippen LogP contribution in [0, 0.1) is 11.8 Å². The van der Waals surface area contributed by atoms with Crippen molar-refractivity contribution in [3.05, 3.63) is 78.3 Å². The number of nitrogens with two attached hydrogens (primary N) is 1. The van der Waals surface area contributed by atoms with Gasteiger partial charge < -0.3 is 15.1 Å². The lowest BCUT2D eigenvalue weighted by Crippen LogP contribution is -2.39. The largest absolute Gasteiger partial charge is 0.467 e. The Morgan fingerprint density at radius 1 is 0.882 bits per heavy atom. The average Bonchev–Trinajstić information content (AvgIpc) is 3.53. The van der Waals surface area contributed by atoms with E-state index in [1.165, 1.54) is 6.07 Å². The van der Waals surface area contributed by atoms with E-state index >= 15 is 0 Å². The Balaban J connectivity index is 1.35. The molecule has 0 bridgehead atoms. The van der Waals surface area contributed by atoms with E-state index in [9.17, 15) is 18.0 Å². The van der Waals surface area contributed by atoms with Crippen molar-refractivity contribution < 1.29 is 22.4 Å². The van der Waals surface area contributed by atoms with Gasteiger partial charge in [0.25, 0.3) is 0 Å². The van der Waals surface area contributed by atoms with Gasteiger partial charge in [-0.05, 0) is 42.2 Å². The smallest absolute Gasteiger partial charge is 0.238 e. The second-order valence-corrected chi connectivity index (χ2v) is 9.93. The number of amides is 2. The molecule has 178 valence electrons. The molecule has 9 heteroatoms. The maximum atomic E-state index is 12.8. The van der Waals surface area contributed by atoms with Crippen molar-refractivity contribution in [2.24, 2.45) is 17.0 Å². The Bertz CT molecular complexity index is 1250. The van der Waals surface area contributed by atoms with E-state index in [4.69, 9.17) is 9.56 Å². The molecule has 1 aliphatic rings. The maximum Gasteiger partial charge on any atom is 0.238 e. The first-order valence-corrected chi connectivity index (χ1v) is 12.7. The van der Waals surface area contributed by atoms with E-state index in [0.717, 1.165) is 12.0 Å². The zero-order valence-electron chi connectivity index (χ0n) is 18.6. The van der Waals surface area contributed by atoms with Crippen LogP contribution in [-0.4, -0.2) is 20.2 Å². The van der Waals surface area contributed by atoms with E-state index in [0.29, 0.717) is 42.8 Å². The van der Waals surface area contributed by atoms with Gasteiger partial charge in [0.1, 0.15) is 5.76 Å². The van der Waals surface area contributed by atoms with Crippen LogP contribution in [-0.2, 0) is 32.7 Å². The first-order valence-electron chi connectivity index (χ1n) is 11.1.